The lowest BCUT2D eigenvalue weighted by molar-refractivity contribution is 0.155. The highest BCUT2D eigenvalue weighted by Gasteiger charge is 2.59. The fourth-order valence-corrected chi connectivity index (χ4v) is 5.08. The molecule has 0 spiro atoms. The molecule has 3 atom stereocenters. The van der Waals surface area contributed by atoms with E-state index in [1.54, 1.807) is 0 Å². The van der Waals surface area contributed by atoms with Crippen LogP contribution in [0, 0.1) is 23.7 Å². The molecule has 1 N–H and O–H groups in total. The van der Waals surface area contributed by atoms with Crippen LogP contribution in [0.5, 0.6) is 0 Å². The van der Waals surface area contributed by atoms with E-state index in [2.05, 4.69) is 67.1 Å². The number of fused-ring (bicyclic) bond motifs is 2. The zero-order chi connectivity index (χ0) is 13.8. The van der Waals surface area contributed by atoms with Crippen LogP contribution in [0.1, 0.15) is 45.6 Å². The minimum absolute atomic E-state index is 0.409. The van der Waals surface area contributed by atoms with Gasteiger partial charge in [0.15, 0.2) is 0 Å². The molecule has 19 heavy (non-hydrogen) atoms. The van der Waals surface area contributed by atoms with E-state index in [9.17, 15) is 0 Å². The lowest BCUT2D eigenvalue weighted by atomic mass is 9.68. The Kier molecular flexibility index (Phi) is 3.01. The summed E-state index contributed by atoms with van der Waals surface area (Å²) >= 11 is 3.55. The van der Waals surface area contributed by atoms with Gasteiger partial charge in [0.1, 0.15) is 0 Å². The molecule has 1 nitrogen and oxygen atoms in total. The Morgan fingerprint density at radius 3 is 2.58 bits per heavy atom. The van der Waals surface area contributed by atoms with Crippen LogP contribution in [0.15, 0.2) is 22.7 Å². The molecule has 2 heteroatoms. The average molecular weight is 322 g/mol. The Labute approximate surface area is 125 Å². The molecule has 1 aromatic carbocycles. The fourth-order valence-electron chi connectivity index (χ4n) is 4.61. The Morgan fingerprint density at radius 2 is 2.00 bits per heavy atom. The van der Waals surface area contributed by atoms with Crippen molar-refractivity contribution in [3.05, 3.63) is 28.2 Å². The maximum absolute atomic E-state index is 3.88. The summed E-state index contributed by atoms with van der Waals surface area (Å²) in [5.74, 6) is 0.894. The summed E-state index contributed by atoms with van der Waals surface area (Å²) in [6, 6.07) is 7.15. The first-order chi connectivity index (χ1) is 8.83. The zero-order valence-corrected chi connectivity index (χ0v) is 14.0. The van der Waals surface area contributed by atoms with Crippen molar-refractivity contribution in [2.75, 3.05) is 5.32 Å². The van der Waals surface area contributed by atoms with Crippen molar-refractivity contribution in [2.45, 2.75) is 53.0 Å². The largest absolute Gasteiger partial charge is 0.381 e. The quantitative estimate of drug-likeness (QED) is 0.770. The second-order valence-corrected chi connectivity index (χ2v) is 8.37. The molecule has 3 unspecified atom stereocenters. The van der Waals surface area contributed by atoms with Crippen LogP contribution in [0.4, 0.5) is 5.69 Å². The third-order valence-electron chi connectivity index (χ3n) is 5.76. The van der Waals surface area contributed by atoms with Gasteiger partial charge in [-0.15, -0.1) is 0 Å². The van der Waals surface area contributed by atoms with Gasteiger partial charge in [0.05, 0.1) is 0 Å². The molecule has 2 aliphatic carbocycles. The number of aryl methyl sites for hydroxylation is 1. The monoisotopic (exact) mass is 321 g/mol. The minimum Gasteiger partial charge on any atom is -0.381 e. The first-order valence-corrected chi connectivity index (χ1v) is 8.15. The van der Waals surface area contributed by atoms with Gasteiger partial charge >= 0.3 is 0 Å². The van der Waals surface area contributed by atoms with Gasteiger partial charge < -0.3 is 5.32 Å². The topological polar surface area (TPSA) is 12.0 Å². The average Bonchev–Trinajstić information content (AvgIpc) is 2.78. The predicted molar refractivity (Wildman–Crippen MR) is 85.5 cm³/mol. The standard InChI is InChI=1S/C17H24BrN/c1-11-9-13(18)5-6-14(11)19-15-16(2,3)12-7-8-17(15,4)10-12/h5-6,9,12,15,19H,7-8,10H2,1-4H3. The second kappa shape index (κ2) is 4.25. The number of hydrogen-bond donors (Lipinski definition) is 1. The van der Waals surface area contributed by atoms with Crippen LogP contribution in [-0.2, 0) is 0 Å². The van der Waals surface area contributed by atoms with Crippen molar-refractivity contribution in [3.63, 3.8) is 0 Å². The molecule has 1 aromatic rings. The Hall–Kier alpha value is -0.500. The maximum Gasteiger partial charge on any atom is 0.0373 e. The van der Waals surface area contributed by atoms with E-state index < -0.39 is 0 Å². The molecule has 0 amide bonds. The van der Waals surface area contributed by atoms with Crippen LogP contribution in [0.2, 0.25) is 0 Å². The van der Waals surface area contributed by atoms with Gasteiger partial charge in [0, 0.05) is 16.2 Å². The van der Waals surface area contributed by atoms with E-state index in [1.807, 2.05) is 0 Å². The lowest BCUT2D eigenvalue weighted by Gasteiger charge is -2.44. The number of anilines is 1. The Balaban J connectivity index is 1.90. The predicted octanol–water partition coefficient (Wildman–Crippen LogP) is 5.38. The van der Waals surface area contributed by atoms with Gasteiger partial charge in [0.25, 0.3) is 0 Å². The van der Waals surface area contributed by atoms with Crippen molar-refractivity contribution in [1.82, 2.24) is 0 Å². The highest BCUT2D eigenvalue weighted by molar-refractivity contribution is 9.10. The fraction of sp³-hybridized carbons (Fsp3) is 0.647. The van der Waals surface area contributed by atoms with E-state index in [4.69, 9.17) is 0 Å². The molecule has 3 rings (SSSR count). The molecule has 2 fully saturated rings. The van der Waals surface area contributed by atoms with Crippen LogP contribution in [0.3, 0.4) is 0 Å². The molecule has 0 radical (unpaired) electrons. The molecule has 0 saturated heterocycles. The molecule has 0 aromatic heterocycles. The number of halogens is 1. The number of nitrogens with one attached hydrogen (secondary N) is 1. The number of rotatable bonds is 2. The summed E-state index contributed by atoms with van der Waals surface area (Å²) < 4.78 is 1.16. The normalized spacial score (nSPS) is 35.6. The molecular formula is C17H24BrN. The van der Waals surface area contributed by atoms with Crippen molar-refractivity contribution in [3.8, 4) is 0 Å². The van der Waals surface area contributed by atoms with E-state index in [0.717, 1.165) is 10.4 Å². The molecule has 0 heterocycles. The highest BCUT2D eigenvalue weighted by Crippen LogP contribution is 2.63. The molecule has 2 saturated carbocycles. The second-order valence-electron chi connectivity index (χ2n) is 7.45. The lowest BCUT2D eigenvalue weighted by Crippen LogP contribution is -2.45. The minimum atomic E-state index is 0.409. The Bertz CT molecular complexity index is 503. The molecule has 2 aliphatic rings. The van der Waals surface area contributed by atoms with Crippen molar-refractivity contribution in [2.24, 2.45) is 16.7 Å². The zero-order valence-electron chi connectivity index (χ0n) is 12.4. The SMILES string of the molecule is Cc1cc(Br)ccc1NC1C2(C)CCC(C2)C1(C)C. The third-order valence-corrected chi connectivity index (χ3v) is 6.25. The Morgan fingerprint density at radius 1 is 1.26 bits per heavy atom. The summed E-state index contributed by atoms with van der Waals surface area (Å²) in [6.45, 7) is 9.57. The van der Waals surface area contributed by atoms with Crippen molar-refractivity contribution < 1.29 is 0 Å². The first kappa shape index (κ1) is 13.5. The van der Waals surface area contributed by atoms with Crippen LogP contribution in [-0.4, -0.2) is 6.04 Å². The van der Waals surface area contributed by atoms with Gasteiger partial charge in [-0.25, -0.2) is 0 Å². The van der Waals surface area contributed by atoms with E-state index in [-0.39, 0.29) is 0 Å². The molecule has 2 bridgehead atoms. The first-order valence-electron chi connectivity index (χ1n) is 7.36. The number of benzene rings is 1. The maximum atomic E-state index is 3.88. The smallest absolute Gasteiger partial charge is 0.0373 e. The van der Waals surface area contributed by atoms with Crippen LogP contribution < -0.4 is 5.32 Å². The molecular weight excluding hydrogens is 298 g/mol. The molecule has 0 aliphatic heterocycles. The van der Waals surface area contributed by atoms with Crippen LogP contribution >= 0.6 is 15.9 Å². The molecule has 104 valence electrons. The van der Waals surface area contributed by atoms with Gasteiger partial charge in [-0.2, -0.15) is 0 Å². The van der Waals surface area contributed by atoms with Gasteiger partial charge in [-0.3, -0.25) is 0 Å². The summed E-state index contributed by atoms with van der Waals surface area (Å²) in [6.07, 6.45) is 4.20. The van der Waals surface area contributed by atoms with Crippen molar-refractivity contribution in [1.29, 1.82) is 0 Å². The van der Waals surface area contributed by atoms with E-state index in [0.29, 0.717) is 16.9 Å². The third kappa shape index (κ3) is 2.03. The van der Waals surface area contributed by atoms with E-state index >= 15 is 0 Å². The van der Waals surface area contributed by atoms with Gasteiger partial charge in [0.2, 0.25) is 0 Å². The highest BCUT2D eigenvalue weighted by atomic mass is 79.9. The van der Waals surface area contributed by atoms with Crippen LogP contribution in [0.25, 0.3) is 0 Å². The van der Waals surface area contributed by atoms with Crippen molar-refractivity contribution >= 4 is 21.6 Å². The van der Waals surface area contributed by atoms with Gasteiger partial charge in [-0.1, -0.05) is 36.7 Å². The summed E-state index contributed by atoms with van der Waals surface area (Å²) in [5, 5.41) is 3.88. The van der Waals surface area contributed by atoms with E-state index in [1.165, 1.54) is 30.5 Å². The van der Waals surface area contributed by atoms with Gasteiger partial charge in [-0.05, 0) is 66.7 Å². The summed E-state index contributed by atoms with van der Waals surface area (Å²) in [5.41, 5.74) is 3.52. The summed E-state index contributed by atoms with van der Waals surface area (Å²) in [4.78, 5) is 0. The number of hydrogen-bond acceptors (Lipinski definition) is 1. The summed E-state index contributed by atoms with van der Waals surface area (Å²) in [7, 11) is 0.